The molecule has 2 aromatic rings. The zero-order valence-electron chi connectivity index (χ0n) is 14.0. The van der Waals surface area contributed by atoms with Crippen LogP contribution in [0, 0.1) is 0 Å². The molecule has 6 heteroatoms. The molecule has 0 aliphatic carbocycles. The Morgan fingerprint density at radius 1 is 1.33 bits per heavy atom. The first-order valence-electron chi connectivity index (χ1n) is 8.32. The topological polar surface area (TPSA) is 63.8 Å². The molecule has 2 aliphatic rings. The fourth-order valence-electron chi connectivity index (χ4n) is 4.01. The summed E-state index contributed by atoms with van der Waals surface area (Å²) in [5.41, 5.74) is 3.28. The van der Waals surface area contributed by atoms with Crippen LogP contribution in [0.4, 0.5) is 0 Å². The van der Waals surface area contributed by atoms with E-state index in [9.17, 15) is 4.79 Å². The summed E-state index contributed by atoms with van der Waals surface area (Å²) in [4.78, 5) is 18.3. The quantitative estimate of drug-likeness (QED) is 0.673. The van der Waals surface area contributed by atoms with Crippen molar-refractivity contribution in [1.82, 2.24) is 9.88 Å². The van der Waals surface area contributed by atoms with E-state index in [1.165, 1.54) is 5.56 Å². The Morgan fingerprint density at radius 3 is 3.00 bits per heavy atom. The smallest absolute Gasteiger partial charge is 0.329 e. The fraction of sp³-hybridized carbons (Fsp3) is 0.500. The normalized spacial score (nSPS) is 24.8. The maximum atomic E-state index is 12.7. The summed E-state index contributed by atoms with van der Waals surface area (Å²) in [5, 5.41) is 1.16. The van der Waals surface area contributed by atoms with E-state index < -0.39 is 0 Å². The summed E-state index contributed by atoms with van der Waals surface area (Å²) in [6.45, 7) is 2.52. The van der Waals surface area contributed by atoms with Crippen molar-refractivity contribution >= 4 is 16.9 Å². The Kier molecular flexibility index (Phi) is 3.94. The van der Waals surface area contributed by atoms with Crippen molar-refractivity contribution in [2.24, 2.45) is 0 Å². The van der Waals surface area contributed by atoms with Crippen LogP contribution in [0.2, 0.25) is 0 Å². The first kappa shape index (κ1) is 15.5. The highest BCUT2D eigenvalue weighted by Gasteiger charge is 2.44. The number of benzene rings is 1. The van der Waals surface area contributed by atoms with Crippen LogP contribution in [0.25, 0.3) is 10.9 Å². The van der Waals surface area contributed by atoms with Gasteiger partial charge in [0.1, 0.15) is 18.4 Å². The number of aromatic amines is 1. The van der Waals surface area contributed by atoms with E-state index in [1.54, 1.807) is 14.2 Å². The van der Waals surface area contributed by atoms with E-state index in [0.29, 0.717) is 12.5 Å². The Balaban J connectivity index is 1.75. The molecule has 24 heavy (non-hydrogen) atoms. The monoisotopic (exact) mass is 330 g/mol. The van der Waals surface area contributed by atoms with E-state index >= 15 is 0 Å². The standard InChI is InChI=1S/C18H22N2O4/c1-22-7-8-24-18(21)17-16-15(11-5-6-20(17)10-11)13-9-12(23-2)3-4-14(13)19-16/h3-4,9,11,17,19H,5-8,10H2,1-2H3. The minimum absolute atomic E-state index is 0.202. The number of H-pyrrole nitrogens is 1. The third-order valence-corrected chi connectivity index (χ3v) is 5.10. The second kappa shape index (κ2) is 6.11. The zero-order chi connectivity index (χ0) is 16.7. The van der Waals surface area contributed by atoms with Crippen LogP contribution >= 0.6 is 0 Å². The van der Waals surface area contributed by atoms with Gasteiger partial charge >= 0.3 is 5.97 Å². The summed E-state index contributed by atoms with van der Waals surface area (Å²) in [6.07, 6.45) is 1.07. The molecule has 0 saturated carbocycles. The van der Waals surface area contributed by atoms with Gasteiger partial charge in [-0.2, -0.15) is 0 Å². The number of carbonyl (C=O) groups is 1. The number of fused-ring (bicyclic) bond motifs is 6. The van der Waals surface area contributed by atoms with Crippen LogP contribution < -0.4 is 4.74 Å². The number of nitrogens with one attached hydrogen (secondary N) is 1. The van der Waals surface area contributed by atoms with Crippen molar-refractivity contribution in [3.8, 4) is 5.75 Å². The Hall–Kier alpha value is -2.05. The van der Waals surface area contributed by atoms with E-state index in [4.69, 9.17) is 14.2 Å². The summed E-state index contributed by atoms with van der Waals surface area (Å²) >= 11 is 0. The number of hydrogen-bond acceptors (Lipinski definition) is 5. The minimum atomic E-state index is -0.353. The average molecular weight is 330 g/mol. The lowest BCUT2D eigenvalue weighted by atomic mass is 9.90. The minimum Gasteiger partial charge on any atom is -0.497 e. The zero-order valence-corrected chi connectivity index (χ0v) is 14.0. The largest absolute Gasteiger partial charge is 0.497 e. The van der Waals surface area contributed by atoms with Gasteiger partial charge in [0.15, 0.2) is 0 Å². The first-order valence-corrected chi connectivity index (χ1v) is 8.32. The lowest BCUT2D eigenvalue weighted by molar-refractivity contribution is -0.151. The molecule has 0 spiro atoms. The van der Waals surface area contributed by atoms with Crippen LogP contribution in [-0.4, -0.2) is 56.4 Å². The third kappa shape index (κ3) is 2.37. The molecule has 0 amide bonds. The molecule has 3 heterocycles. The van der Waals surface area contributed by atoms with Crippen LogP contribution in [0.3, 0.4) is 0 Å². The highest BCUT2D eigenvalue weighted by Crippen LogP contribution is 2.46. The molecule has 3 atom stereocenters. The molecule has 1 aromatic carbocycles. The lowest BCUT2D eigenvalue weighted by Gasteiger charge is -2.30. The molecular formula is C18H22N2O4. The predicted octanol–water partition coefficient (Wildman–Crippen LogP) is 2.21. The molecule has 1 saturated heterocycles. The molecule has 6 nitrogen and oxygen atoms in total. The maximum Gasteiger partial charge on any atom is 0.329 e. The van der Waals surface area contributed by atoms with Gasteiger partial charge in [0.2, 0.25) is 0 Å². The third-order valence-electron chi connectivity index (χ3n) is 5.10. The number of aromatic nitrogens is 1. The summed E-state index contributed by atoms with van der Waals surface area (Å²) in [6, 6.07) is 5.66. The fourth-order valence-corrected chi connectivity index (χ4v) is 4.01. The number of nitrogens with zero attached hydrogens (tertiary/aromatic N) is 1. The van der Waals surface area contributed by atoms with Crippen molar-refractivity contribution in [3.05, 3.63) is 29.5 Å². The molecule has 4 rings (SSSR count). The molecule has 3 unspecified atom stereocenters. The van der Waals surface area contributed by atoms with Gasteiger partial charge in [-0.15, -0.1) is 0 Å². The Labute approximate surface area is 140 Å². The van der Waals surface area contributed by atoms with Crippen LogP contribution in [-0.2, 0) is 14.3 Å². The van der Waals surface area contributed by atoms with Crippen molar-refractivity contribution in [2.45, 2.75) is 18.4 Å². The lowest BCUT2D eigenvalue weighted by Crippen LogP contribution is -2.37. The van der Waals surface area contributed by atoms with E-state index in [1.807, 2.05) is 12.1 Å². The highest BCUT2D eigenvalue weighted by atomic mass is 16.6. The van der Waals surface area contributed by atoms with Gasteiger partial charge in [-0.1, -0.05) is 0 Å². The summed E-state index contributed by atoms with van der Waals surface area (Å²) < 4.78 is 15.8. The second-order valence-electron chi connectivity index (χ2n) is 6.41. The van der Waals surface area contributed by atoms with Crippen LogP contribution in [0.1, 0.15) is 29.6 Å². The number of hydrogen-bond donors (Lipinski definition) is 1. The molecule has 2 bridgehead atoms. The molecule has 1 N–H and O–H groups in total. The Bertz CT molecular complexity index is 770. The van der Waals surface area contributed by atoms with Crippen molar-refractivity contribution in [2.75, 3.05) is 40.5 Å². The van der Waals surface area contributed by atoms with Crippen molar-refractivity contribution < 1.29 is 19.0 Å². The van der Waals surface area contributed by atoms with Gasteiger partial charge in [0.05, 0.1) is 13.7 Å². The van der Waals surface area contributed by atoms with Gasteiger partial charge in [-0.3, -0.25) is 4.90 Å². The van der Waals surface area contributed by atoms with Crippen molar-refractivity contribution in [3.63, 3.8) is 0 Å². The SMILES string of the molecule is COCCOC(=O)C1c2[nH]c3ccc(OC)cc3c2C2CCN1C2. The second-order valence-corrected chi connectivity index (χ2v) is 6.41. The first-order chi connectivity index (χ1) is 11.7. The van der Waals surface area contributed by atoms with E-state index in [-0.39, 0.29) is 18.6 Å². The number of methoxy groups -OCH3 is 2. The highest BCUT2D eigenvalue weighted by molar-refractivity contribution is 5.90. The molecule has 128 valence electrons. The number of carbonyl (C=O) groups excluding carboxylic acids is 1. The van der Waals surface area contributed by atoms with Gasteiger partial charge < -0.3 is 19.2 Å². The number of ether oxygens (including phenoxy) is 3. The molecule has 0 radical (unpaired) electrons. The van der Waals surface area contributed by atoms with Gasteiger partial charge in [-0.25, -0.2) is 4.79 Å². The van der Waals surface area contributed by atoms with E-state index in [0.717, 1.165) is 41.9 Å². The molecular weight excluding hydrogens is 308 g/mol. The maximum absolute atomic E-state index is 12.7. The van der Waals surface area contributed by atoms with Gasteiger partial charge in [0.25, 0.3) is 0 Å². The average Bonchev–Trinajstić information content (AvgIpc) is 3.17. The number of esters is 1. The van der Waals surface area contributed by atoms with Gasteiger partial charge in [0, 0.05) is 36.2 Å². The molecule has 1 fully saturated rings. The molecule has 1 aromatic heterocycles. The van der Waals surface area contributed by atoms with Crippen LogP contribution in [0.5, 0.6) is 5.75 Å². The summed E-state index contributed by atoms with van der Waals surface area (Å²) in [5.74, 6) is 1.10. The predicted molar refractivity (Wildman–Crippen MR) is 89.4 cm³/mol. The van der Waals surface area contributed by atoms with E-state index in [2.05, 4.69) is 16.0 Å². The van der Waals surface area contributed by atoms with Crippen molar-refractivity contribution in [1.29, 1.82) is 0 Å². The Morgan fingerprint density at radius 2 is 2.21 bits per heavy atom. The number of rotatable bonds is 5. The molecule has 2 aliphatic heterocycles. The summed E-state index contributed by atoms with van der Waals surface area (Å²) in [7, 11) is 3.27. The van der Waals surface area contributed by atoms with Gasteiger partial charge in [-0.05, 0) is 36.7 Å². The van der Waals surface area contributed by atoms with Crippen LogP contribution in [0.15, 0.2) is 18.2 Å².